The quantitative estimate of drug-likeness (QED) is 0.815. The van der Waals surface area contributed by atoms with E-state index in [2.05, 4.69) is 5.32 Å². The molecule has 1 aliphatic heterocycles. The molecular formula is C10H12N2O5S2. The lowest BCUT2D eigenvalue weighted by Gasteiger charge is -2.17. The standard InChI is InChI=1S/C10H12N2O5S2/c13-8-1-3-12(4-2-11-8)19(16,17)9-5-7(6-18-9)10(14)15/h5-6H,1-4H2,(H,11,13)(H,14,15). The van der Waals surface area contributed by atoms with Gasteiger partial charge in [-0.05, 0) is 6.07 Å². The van der Waals surface area contributed by atoms with E-state index in [0.717, 1.165) is 17.4 Å². The molecule has 0 unspecified atom stereocenters. The summed E-state index contributed by atoms with van der Waals surface area (Å²) < 4.78 is 25.8. The van der Waals surface area contributed by atoms with E-state index in [1.807, 2.05) is 0 Å². The highest BCUT2D eigenvalue weighted by Gasteiger charge is 2.28. The fraction of sp³-hybridized carbons (Fsp3) is 0.400. The summed E-state index contributed by atoms with van der Waals surface area (Å²) >= 11 is 0.870. The number of thiophene rings is 1. The lowest BCUT2D eigenvalue weighted by molar-refractivity contribution is -0.120. The maximum Gasteiger partial charge on any atom is 0.336 e. The highest BCUT2D eigenvalue weighted by atomic mass is 32.2. The Kier molecular flexibility index (Phi) is 3.88. The smallest absolute Gasteiger partial charge is 0.336 e. The number of amides is 1. The van der Waals surface area contributed by atoms with Gasteiger partial charge in [-0.2, -0.15) is 4.31 Å². The van der Waals surface area contributed by atoms with Gasteiger partial charge in [0.25, 0.3) is 10.0 Å². The van der Waals surface area contributed by atoms with Crippen LogP contribution in [0.15, 0.2) is 15.7 Å². The number of carbonyl (C=O) groups is 2. The van der Waals surface area contributed by atoms with Gasteiger partial charge in [0.2, 0.25) is 5.91 Å². The zero-order valence-electron chi connectivity index (χ0n) is 9.83. The second-order valence-corrected chi connectivity index (χ2v) is 7.04. The van der Waals surface area contributed by atoms with Crippen LogP contribution < -0.4 is 5.32 Å². The molecule has 0 atom stereocenters. The zero-order valence-corrected chi connectivity index (χ0v) is 11.5. The maximum atomic E-state index is 12.3. The molecule has 0 aromatic carbocycles. The van der Waals surface area contributed by atoms with Gasteiger partial charge in [0.1, 0.15) is 4.21 Å². The Hall–Kier alpha value is -1.45. The van der Waals surface area contributed by atoms with Crippen LogP contribution in [0.25, 0.3) is 0 Å². The van der Waals surface area contributed by atoms with E-state index in [-0.39, 0.29) is 41.7 Å². The van der Waals surface area contributed by atoms with Gasteiger partial charge in [-0.1, -0.05) is 0 Å². The maximum absolute atomic E-state index is 12.3. The van der Waals surface area contributed by atoms with E-state index in [4.69, 9.17) is 5.11 Å². The summed E-state index contributed by atoms with van der Waals surface area (Å²) in [6.45, 7) is 0.554. The molecule has 2 N–H and O–H groups in total. The van der Waals surface area contributed by atoms with Crippen LogP contribution in [-0.2, 0) is 14.8 Å². The van der Waals surface area contributed by atoms with E-state index in [9.17, 15) is 18.0 Å². The number of nitrogens with one attached hydrogen (secondary N) is 1. The van der Waals surface area contributed by atoms with Crippen LogP contribution in [0.5, 0.6) is 0 Å². The molecule has 0 saturated carbocycles. The number of hydrogen-bond acceptors (Lipinski definition) is 5. The molecule has 1 saturated heterocycles. The molecule has 19 heavy (non-hydrogen) atoms. The average Bonchev–Trinajstić information content (AvgIpc) is 2.74. The summed E-state index contributed by atoms with van der Waals surface area (Å²) in [5.41, 5.74) is -0.0485. The summed E-state index contributed by atoms with van der Waals surface area (Å²) in [6, 6.07) is 1.14. The topological polar surface area (TPSA) is 104 Å². The highest BCUT2D eigenvalue weighted by Crippen LogP contribution is 2.24. The molecule has 0 bridgehead atoms. The largest absolute Gasteiger partial charge is 0.478 e. The number of rotatable bonds is 3. The van der Waals surface area contributed by atoms with Gasteiger partial charge in [0.15, 0.2) is 0 Å². The number of carboxylic acid groups (broad SMARTS) is 1. The lowest BCUT2D eigenvalue weighted by atomic mass is 10.4. The molecule has 1 aromatic rings. The Morgan fingerprint density at radius 2 is 2.16 bits per heavy atom. The van der Waals surface area contributed by atoms with Crippen molar-refractivity contribution in [1.29, 1.82) is 0 Å². The van der Waals surface area contributed by atoms with Gasteiger partial charge in [-0.15, -0.1) is 11.3 Å². The van der Waals surface area contributed by atoms with E-state index >= 15 is 0 Å². The zero-order chi connectivity index (χ0) is 14.0. The first-order valence-corrected chi connectivity index (χ1v) is 7.82. The number of sulfonamides is 1. The second kappa shape index (κ2) is 5.27. The van der Waals surface area contributed by atoms with E-state index in [1.54, 1.807) is 0 Å². The van der Waals surface area contributed by atoms with Crippen molar-refractivity contribution in [2.45, 2.75) is 10.6 Å². The third kappa shape index (κ3) is 2.94. The van der Waals surface area contributed by atoms with Crippen molar-refractivity contribution in [3.05, 3.63) is 17.0 Å². The molecule has 0 spiro atoms. The molecule has 0 aliphatic carbocycles. The fourth-order valence-electron chi connectivity index (χ4n) is 1.68. The molecule has 0 radical (unpaired) electrons. The second-order valence-electron chi connectivity index (χ2n) is 3.96. The molecule has 1 aromatic heterocycles. The van der Waals surface area contributed by atoms with E-state index < -0.39 is 16.0 Å². The first-order chi connectivity index (χ1) is 8.91. The van der Waals surface area contributed by atoms with E-state index in [1.165, 1.54) is 9.69 Å². The Balaban J connectivity index is 2.25. The Morgan fingerprint density at radius 3 is 2.79 bits per heavy atom. The molecule has 1 amide bonds. The van der Waals surface area contributed by atoms with Gasteiger partial charge >= 0.3 is 5.97 Å². The van der Waals surface area contributed by atoms with Gasteiger partial charge in [-0.25, -0.2) is 13.2 Å². The molecule has 7 nitrogen and oxygen atoms in total. The van der Waals surface area contributed by atoms with Crippen LogP contribution in [0.4, 0.5) is 0 Å². The molecular weight excluding hydrogens is 292 g/mol. The first-order valence-electron chi connectivity index (χ1n) is 5.50. The Morgan fingerprint density at radius 1 is 1.42 bits per heavy atom. The average molecular weight is 304 g/mol. The van der Waals surface area contributed by atoms with Crippen molar-refractivity contribution in [1.82, 2.24) is 9.62 Å². The minimum Gasteiger partial charge on any atom is -0.478 e. The summed E-state index contributed by atoms with van der Waals surface area (Å²) in [4.78, 5) is 21.9. The van der Waals surface area contributed by atoms with Gasteiger partial charge in [0, 0.05) is 31.4 Å². The Bertz CT molecular complexity index is 607. The van der Waals surface area contributed by atoms with Crippen LogP contribution in [0.2, 0.25) is 0 Å². The number of aromatic carboxylic acids is 1. The van der Waals surface area contributed by atoms with Gasteiger partial charge < -0.3 is 10.4 Å². The SMILES string of the molecule is O=C1CCN(S(=O)(=O)c2cc(C(=O)O)cs2)CCN1. The van der Waals surface area contributed by atoms with Crippen molar-refractivity contribution in [2.75, 3.05) is 19.6 Å². The number of carbonyl (C=O) groups excluding carboxylic acids is 1. The van der Waals surface area contributed by atoms with Crippen LogP contribution in [-0.4, -0.2) is 49.3 Å². The summed E-state index contributed by atoms with van der Waals surface area (Å²) in [6.07, 6.45) is 0.108. The molecule has 2 rings (SSSR count). The minimum atomic E-state index is -3.73. The van der Waals surface area contributed by atoms with Crippen LogP contribution in [0.1, 0.15) is 16.8 Å². The van der Waals surface area contributed by atoms with Crippen LogP contribution >= 0.6 is 11.3 Å². The molecule has 2 heterocycles. The molecule has 1 aliphatic rings. The van der Waals surface area contributed by atoms with Gasteiger partial charge in [-0.3, -0.25) is 4.79 Å². The third-order valence-corrected chi connectivity index (χ3v) is 6.00. The predicted molar refractivity (Wildman–Crippen MR) is 67.7 cm³/mol. The number of hydrogen-bond donors (Lipinski definition) is 2. The van der Waals surface area contributed by atoms with Crippen LogP contribution in [0, 0.1) is 0 Å². The van der Waals surface area contributed by atoms with Crippen molar-refractivity contribution in [3.63, 3.8) is 0 Å². The number of carboxylic acids is 1. The van der Waals surface area contributed by atoms with Crippen molar-refractivity contribution < 1.29 is 23.1 Å². The normalized spacial score (nSPS) is 17.8. The fourth-order valence-corrected chi connectivity index (χ4v) is 4.43. The molecule has 1 fully saturated rings. The molecule has 104 valence electrons. The van der Waals surface area contributed by atoms with Gasteiger partial charge in [0.05, 0.1) is 5.56 Å². The summed E-state index contributed by atoms with van der Waals surface area (Å²) in [5, 5.41) is 12.7. The van der Waals surface area contributed by atoms with Crippen molar-refractivity contribution in [2.24, 2.45) is 0 Å². The van der Waals surface area contributed by atoms with Crippen molar-refractivity contribution in [3.8, 4) is 0 Å². The van der Waals surface area contributed by atoms with Crippen molar-refractivity contribution >= 4 is 33.2 Å². The lowest BCUT2D eigenvalue weighted by Crippen LogP contribution is -2.33. The van der Waals surface area contributed by atoms with Crippen LogP contribution in [0.3, 0.4) is 0 Å². The monoisotopic (exact) mass is 304 g/mol. The first kappa shape index (κ1) is 14.0. The minimum absolute atomic E-state index is 0.0146. The Labute approximate surface area is 113 Å². The molecule has 9 heteroatoms. The summed E-state index contributed by atoms with van der Waals surface area (Å²) in [5.74, 6) is -1.35. The predicted octanol–water partition coefficient (Wildman–Crippen LogP) is -0.0431. The number of nitrogens with zero attached hydrogens (tertiary/aromatic N) is 1. The highest BCUT2D eigenvalue weighted by molar-refractivity contribution is 7.91. The van der Waals surface area contributed by atoms with E-state index in [0.29, 0.717) is 0 Å². The third-order valence-electron chi connectivity index (χ3n) is 2.69. The summed E-state index contributed by atoms with van der Waals surface area (Å²) in [7, 11) is -3.73.